The summed E-state index contributed by atoms with van der Waals surface area (Å²) in [6.45, 7) is 2.21. The Bertz CT molecular complexity index is 2990. The number of amides is 2. The van der Waals surface area contributed by atoms with Gasteiger partial charge in [0.15, 0.2) is 77.5 Å². The molecule has 10 rings (SSSR count). The number of thioether (sulfide) groups is 3. The van der Waals surface area contributed by atoms with Crippen LogP contribution in [0.5, 0.6) is 0 Å². The Hall–Kier alpha value is -6.37. The van der Waals surface area contributed by atoms with E-state index in [-0.39, 0.29) is 17.7 Å². The Morgan fingerprint density at radius 3 is 1.47 bits per heavy atom. The number of alkyl carbamates (subject to hydrolysis) is 2. The van der Waals surface area contributed by atoms with Crippen molar-refractivity contribution in [2.45, 2.75) is 73.6 Å². The van der Waals surface area contributed by atoms with E-state index in [9.17, 15) is 24.6 Å². The van der Waals surface area contributed by atoms with Crippen LogP contribution in [0.1, 0.15) is 18.7 Å². The van der Waals surface area contributed by atoms with Crippen LogP contribution in [0.25, 0.3) is 33.5 Å². The molecule has 0 aromatic carbocycles. The van der Waals surface area contributed by atoms with Crippen molar-refractivity contribution in [1.29, 1.82) is 0 Å². The first kappa shape index (κ1) is 57.8. The molecule has 10 heterocycles. The highest BCUT2D eigenvalue weighted by Crippen LogP contribution is 2.41. The van der Waals surface area contributed by atoms with Crippen LogP contribution in [0.4, 0.5) is 31.8 Å². The predicted octanol–water partition coefficient (Wildman–Crippen LogP) is -0.0547. The number of nitrogens with one attached hydrogen (secondary N) is 2. The fraction of sp³-hybridized carbons (Fsp3) is 0.591. The fourth-order valence-electron chi connectivity index (χ4n) is 8.78. The Morgan fingerprint density at radius 1 is 0.577 bits per heavy atom. The number of nitrogens with zero attached hydrogens (tertiary/aromatic N) is 14. The number of hydrogen-bond acceptors (Lipinski definition) is 29. The van der Waals surface area contributed by atoms with E-state index in [4.69, 9.17) is 50.4 Å². The number of rotatable bonds is 17. The molecule has 4 aliphatic heterocycles. The second kappa shape index (κ2) is 26.1. The molecule has 6 aromatic heterocycles. The highest BCUT2D eigenvalue weighted by molar-refractivity contribution is 7.99. The zero-order valence-corrected chi connectivity index (χ0v) is 46.0. The third kappa shape index (κ3) is 12.9. The van der Waals surface area contributed by atoms with E-state index in [1.165, 1.54) is 55.2 Å². The summed E-state index contributed by atoms with van der Waals surface area (Å²) in [7, 11) is 7.63. The first-order chi connectivity index (χ1) is 37.5. The van der Waals surface area contributed by atoms with Gasteiger partial charge >= 0.3 is 18.3 Å². The molecule has 0 radical (unpaired) electrons. The number of fused-ring (bicyclic) bond motifs is 4. The number of aromatic nitrogens is 12. The van der Waals surface area contributed by atoms with Gasteiger partial charge in [0.05, 0.1) is 25.1 Å². The zero-order chi connectivity index (χ0) is 55.8. The van der Waals surface area contributed by atoms with Gasteiger partial charge in [-0.1, -0.05) is 0 Å². The number of anilines is 3. The smallest absolute Gasteiger partial charge is 0.440 e. The monoisotopic (exact) mass is 1150 g/mol. The molecule has 12 atom stereocenters. The minimum Gasteiger partial charge on any atom is -0.440 e. The molecule has 0 bridgehead atoms. The van der Waals surface area contributed by atoms with E-state index >= 15 is 0 Å². The van der Waals surface area contributed by atoms with Crippen LogP contribution in [0, 0.1) is 0 Å². The molecule has 0 saturated carbocycles. The van der Waals surface area contributed by atoms with E-state index < -0.39 is 85.9 Å². The minimum absolute atomic E-state index is 0.238. The first-order valence-corrected chi connectivity index (χ1v) is 28.4. The number of aliphatic hydroxyl groups excluding tert-OH is 2. The molecule has 0 aliphatic carbocycles. The van der Waals surface area contributed by atoms with Gasteiger partial charge in [0, 0.05) is 43.4 Å². The number of imidazole rings is 3. The van der Waals surface area contributed by atoms with Gasteiger partial charge in [0.25, 0.3) is 0 Å². The molecule has 6 aromatic rings. The van der Waals surface area contributed by atoms with Gasteiger partial charge in [-0.25, -0.2) is 59.2 Å². The molecular formula is C44H63N19O12S3. The van der Waals surface area contributed by atoms with E-state index in [1.54, 1.807) is 31.8 Å². The molecule has 78 heavy (non-hydrogen) atoms. The van der Waals surface area contributed by atoms with Crippen LogP contribution in [-0.4, -0.2) is 242 Å². The summed E-state index contributed by atoms with van der Waals surface area (Å²) in [6.07, 6.45) is 4.28. The van der Waals surface area contributed by atoms with Crippen LogP contribution in [-0.2, 0) is 33.2 Å². The molecule has 34 heteroatoms. The number of hydrogen-bond donors (Lipinski definition) is 7. The van der Waals surface area contributed by atoms with E-state index in [1.807, 2.05) is 56.8 Å². The fourth-order valence-corrected chi connectivity index (χ4v) is 10.6. The van der Waals surface area contributed by atoms with Crippen molar-refractivity contribution >= 4 is 105 Å². The normalized spacial score (nSPS) is 26.3. The lowest BCUT2D eigenvalue weighted by atomic mass is 10.1. The minimum atomic E-state index is -1.09. The van der Waals surface area contributed by atoms with Gasteiger partial charge in [-0.05, 0) is 47.0 Å². The lowest BCUT2D eigenvalue weighted by Crippen LogP contribution is -2.41. The maximum atomic E-state index is 12.2. The lowest BCUT2D eigenvalue weighted by molar-refractivity contribution is -0.0466. The molecule has 424 valence electrons. The summed E-state index contributed by atoms with van der Waals surface area (Å²) >= 11 is 4.67. The highest BCUT2D eigenvalue weighted by Gasteiger charge is 2.55. The number of nitrogen functional groups attached to an aromatic ring is 3. The van der Waals surface area contributed by atoms with Crippen molar-refractivity contribution in [3.8, 4) is 0 Å². The average Bonchev–Trinajstić information content (AvgIpc) is 4.46. The first-order valence-electron chi connectivity index (χ1n) is 24.2. The molecule has 0 unspecified atom stereocenters. The van der Waals surface area contributed by atoms with Gasteiger partial charge in [-0.2, -0.15) is 35.3 Å². The summed E-state index contributed by atoms with van der Waals surface area (Å²) in [6, 6.07) is 0. The molecule has 2 amide bonds. The van der Waals surface area contributed by atoms with Gasteiger partial charge in [-0.3, -0.25) is 13.7 Å². The van der Waals surface area contributed by atoms with Crippen LogP contribution < -0.4 is 27.8 Å². The molecule has 4 aliphatic rings. The van der Waals surface area contributed by atoms with Crippen molar-refractivity contribution in [1.82, 2.24) is 79.0 Å². The second-order valence-electron chi connectivity index (χ2n) is 18.4. The molecule has 31 nitrogen and oxygen atoms in total. The Morgan fingerprint density at radius 2 is 0.987 bits per heavy atom. The number of carbonyl (C=O) groups excluding carboxylic acids is 3. The standard InChI is InChI=1S/2C16H25N7O4S.C12H13N5O4S/c1-22(2)5-4-18-16(25)27-12-9(6-28-3)26-15(11(12)24)23-8-21-10-13(17)19-7-20-14(10)23;1-22(2)5-4-18-16(25)27-12-11(24)9(6-28-3)26-15(12)23-8-21-10-13(17)19-7-20-14(10)23;1-22-2-5-7-8(21-12(18)20-7)11(19-5)17-4-16-6-9(13)14-3-15-10(6)17/h2*7-9,11-12,15,24H,4-6H2,1-3H3,(H,18,25)(H2,17,19,20);3-5,7-8,11H,2H2,1H3,(H2,13,14,15)/t2*9-,11-,12-,15-;5-,7-,8-,11-/m111/s1. The SMILES string of the molecule is CSC[C@H]1O[C@@H](n2cnc3c(N)ncnc32)[C@@H]2OC(=O)O[C@@H]21.CSC[C@H]1O[C@@H](n2cnc3c(N)ncnc32)[C@H](O)[C@@H]1OC(=O)NCCN(C)C.CSC[C@H]1O[C@@H](n2cnc3c(N)ncnc32)[C@H](OC(=O)NCCN(C)C)[C@@H]1O. The quantitative estimate of drug-likeness (QED) is 0.0465. The Kier molecular flexibility index (Phi) is 19.3. The summed E-state index contributed by atoms with van der Waals surface area (Å²) in [5, 5.41) is 26.9. The van der Waals surface area contributed by atoms with Crippen LogP contribution in [0.15, 0.2) is 38.0 Å². The van der Waals surface area contributed by atoms with E-state index in [0.29, 0.717) is 82.7 Å². The van der Waals surface area contributed by atoms with Crippen LogP contribution >= 0.6 is 35.3 Å². The Labute approximate surface area is 458 Å². The largest absolute Gasteiger partial charge is 0.509 e. The van der Waals surface area contributed by atoms with Gasteiger partial charge in [0.1, 0.15) is 59.9 Å². The summed E-state index contributed by atoms with van der Waals surface area (Å²) < 4.78 is 44.4. The maximum absolute atomic E-state index is 12.2. The van der Waals surface area contributed by atoms with Crippen molar-refractivity contribution < 1.29 is 57.8 Å². The van der Waals surface area contributed by atoms with Crippen molar-refractivity contribution in [3.63, 3.8) is 0 Å². The van der Waals surface area contributed by atoms with Gasteiger partial charge in [-0.15, -0.1) is 0 Å². The predicted molar refractivity (Wildman–Crippen MR) is 287 cm³/mol. The third-order valence-corrected chi connectivity index (χ3v) is 14.5. The highest BCUT2D eigenvalue weighted by atomic mass is 32.2. The number of carbonyl (C=O) groups is 3. The number of nitrogens with two attached hydrogens (primary N) is 3. The third-order valence-electron chi connectivity index (χ3n) is 12.5. The van der Waals surface area contributed by atoms with Gasteiger partial charge in [0.2, 0.25) is 0 Å². The zero-order valence-electron chi connectivity index (χ0n) is 43.5. The molecular weight excluding hydrogens is 1080 g/mol. The molecule has 4 saturated heterocycles. The van der Waals surface area contributed by atoms with E-state index in [0.717, 1.165) is 0 Å². The number of aliphatic hydroxyl groups is 2. The Balaban J connectivity index is 0.000000155. The molecule has 10 N–H and O–H groups in total. The number of ether oxygens (including phenoxy) is 7. The average molecular weight is 1150 g/mol. The van der Waals surface area contributed by atoms with Crippen LogP contribution in [0.2, 0.25) is 0 Å². The number of likely N-dealkylation sites (N-methyl/N-ethyl adjacent to an activating group) is 2. The van der Waals surface area contributed by atoms with Crippen molar-refractivity contribution in [3.05, 3.63) is 38.0 Å². The van der Waals surface area contributed by atoms with E-state index in [2.05, 4.69) is 55.5 Å². The van der Waals surface area contributed by atoms with Crippen LogP contribution in [0.3, 0.4) is 0 Å². The summed E-state index contributed by atoms with van der Waals surface area (Å²) in [4.78, 5) is 76.7. The molecule has 0 spiro atoms. The maximum Gasteiger partial charge on any atom is 0.509 e. The lowest BCUT2D eigenvalue weighted by Gasteiger charge is -2.22. The molecule has 4 fully saturated rings. The topological polar surface area (TPSA) is 396 Å². The van der Waals surface area contributed by atoms with Gasteiger partial charge < -0.3 is 81.0 Å². The summed E-state index contributed by atoms with van der Waals surface area (Å²) in [5.74, 6) is 2.56. The summed E-state index contributed by atoms with van der Waals surface area (Å²) in [5.41, 5.74) is 20.2. The second-order valence-corrected chi connectivity index (χ2v) is 21.1. The van der Waals surface area contributed by atoms with Crippen molar-refractivity contribution in [2.75, 3.05) is 108 Å². The van der Waals surface area contributed by atoms with Crippen molar-refractivity contribution in [2.24, 2.45) is 0 Å².